The molecular weight excluding hydrogens is 737 g/mol. The average Bonchev–Trinajstić information content (AvgIpc) is 3.32. The van der Waals surface area contributed by atoms with Crippen molar-refractivity contribution in [3.05, 3.63) is 165 Å². The number of rotatable bonds is 8. The second kappa shape index (κ2) is 19.5. The van der Waals surface area contributed by atoms with E-state index in [1.54, 1.807) is 12.1 Å². The van der Waals surface area contributed by atoms with E-state index >= 15 is 0 Å². The minimum Gasteiger partial charge on any atom is -0.489 e. The maximum absolute atomic E-state index is 11.7. The number of carbonyl (C=O) groups is 4. The number of hydrogen-bond donors (Lipinski definition) is 4. The minimum absolute atomic E-state index is 0.0114. The van der Waals surface area contributed by atoms with Crippen molar-refractivity contribution in [2.75, 3.05) is 11.9 Å². The fourth-order valence-electron chi connectivity index (χ4n) is 6.29. The number of anilines is 1. The Labute approximate surface area is 350 Å². The van der Waals surface area contributed by atoms with Crippen molar-refractivity contribution in [1.29, 1.82) is 0 Å². The zero-order chi connectivity index (χ0) is 43.5. The summed E-state index contributed by atoms with van der Waals surface area (Å²) in [6, 6.07) is 37.1. The molecule has 9 nitrogen and oxygen atoms in total. The van der Waals surface area contributed by atoms with Gasteiger partial charge >= 0.3 is 0 Å². The van der Waals surface area contributed by atoms with E-state index in [4.69, 9.17) is 16.2 Å². The highest BCUT2D eigenvalue weighted by Gasteiger charge is 2.22. The highest BCUT2D eigenvalue weighted by Crippen LogP contribution is 2.29. The summed E-state index contributed by atoms with van der Waals surface area (Å²) in [7, 11) is 0. The van der Waals surface area contributed by atoms with Gasteiger partial charge in [-0.05, 0) is 93.3 Å². The van der Waals surface area contributed by atoms with Gasteiger partial charge in [-0.25, -0.2) is 0 Å². The number of carbonyl (C=O) groups excluding carboxylic acids is 4. The molecule has 9 heteroatoms. The van der Waals surface area contributed by atoms with E-state index in [1.165, 1.54) is 11.1 Å². The number of amides is 4. The van der Waals surface area contributed by atoms with Crippen LogP contribution < -0.4 is 26.8 Å². The summed E-state index contributed by atoms with van der Waals surface area (Å²) >= 11 is 0. The van der Waals surface area contributed by atoms with Crippen LogP contribution >= 0.6 is 0 Å². The summed E-state index contributed by atoms with van der Waals surface area (Å²) in [5.74, 6) is -0.406. The first-order valence-corrected chi connectivity index (χ1v) is 19.9. The summed E-state index contributed by atoms with van der Waals surface area (Å²) in [4.78, 5) is 46.3. The molecule has 59 heavy (non-hydrogen) atoms. The van der Waals surface area contributed by atoms with Crippen LogP contribution in [0.5, 0.6) is 5.75 Å². The first-order chi connectivity index (χ1) is 27.6. The van der Waals surface area contributed by atoms with Crippen LogP contribution in [0.1, 0.15) is 127 Å². The fourth-order valence-corrected chi connectivity index (χ4v) is 6.29. The van der Waals surface area contributed by atoms with Crippen LogP contribution in [0.3, 0.4) is 0 Å². The van der Waals surface area contributed by atoms with Gasteiger partial charge in [0.15, 0.2) is 0 Å². The number of hydrogen-bond acceptors (Lipinski definition) is 5. The predicted molar refractivity (Wildman–Crippen MR) is 238 cm³/mol. The Balaban J connectivity index is 0.000000197. The first-order valence-electron chi connectivity index (χ1n) is 19.9. The maximum atomic E-state index is 11.7. The van der Waals surface area contributed by atoms with E-state index in [1.807, 2.05) is 84.9 Å². The molecule has 0 radical (unpaired) electrons. The zero-order valence-corrected chi connectivity index (χ0v) is 36.0. The van der Waals surface area contributed by atoms with Gasteiger partial charge in [-0.15, -0.1) is 0 Å². The molecule has 1 aliphatic heterocycles. The van der Waals surface area contributed by atoms with Gasteiger partial charge in [0.2, 0.25) is 17.7 Å². The molecule has 0 aliphatic carbocycles. The maximum Gasteiger partial charge on any atom is 0.253 e. The second-order valence-corrected chi connectivity index (χ2v) is 17.8. The Morgan fingerprint density at radius 2 is 1.07 bits per heavy atom. The van der Waals surface area contributed by atoms with Crippen LogP contribution in [-0.4, -0.2) is 30.2 Å². The summed E-state index contributed by atoms with van der Waals surface area (Å²) in [6.45, 7) is 19.5. The van der Waals surface area contributed by atoms with Crippen LogP contribution in [-0.2, 0) is 40.5 Å². The molecule has 6 rings (SSSR count). The molecule has 4 amide bonds. The zero-order valence-electron chi connectivity index (χ0n) is 36.0. The molecule has 0 atom stereocenters. The molecule has 6 N–H and O–H groups in total. The first kappa shape index (κ1) is 45.5. The fraction of sp³-hybridized carbons (Fsp3) is 0.320. The molecule has 0 aromatic heterocycles. The van der Waals surface area contributed by atoms with Gasteiger partial charge in [0.25, 0.3) is 5.91 Å². The van der Waals surface area contributed by atoms with Crippen LogP contribution in [0.4, 0.5) is 5.69 Å². The topological polar surface area (TPSA) is 154 Å². The molecule has 5 aromatic rings. The van der Waals surface area contributed by atoms with Crippen molar-refractivity contribution in [3.63, 3.8) is 0 Å². The van der Waals surface area contributed by atoms with Gasteiger partial charge in [0.1, 0.15) is 12.4 Å². The quantitative estimate of drug-likeness (QED) is 0.123. The summed E-state index contributed by atoms with van der Waals surface area (Å²) < 4.78 is 5.74. The van der Waals surface area contributed by atoms with Gasteiger partial charge in [-0.1, -0.05) is 141 Å². The summed E-state index contributed by atoms with van der Waals surface area (Å²) in [5, 5.41) is 5.30. The Hall–Kier alpha value is -6.22. The minimum atomic E-state index is -0.429. The number of nitrogens with one attached hydrogen (secondary N) is 2. The molecule has 0 fully saturated rings. The van der Waals surface area contributed by atoms with E-state index in [0.717, 1.165) is 40.8 Å². The lowest BCUT2D eigenvalue weighted by molar-refractivity contribution is -0.115. The van der Waals surface area contributed by atoms with Gasteiger partial charge in [0.05, 0.1) is 17.8 Å². The molecule has 0 saturated carbocycles. The number of ether oxygens (including phenoxy) is 1. The summed E-state index contributed by atoms with van der Waals surface area (Å²) in [5.41, 5.74) is 19.9. The van der Waals surface area contributed by atoms with E-state index in [2.05, 4.69) is 91.1 Å². The number of aryl methyl sites for hydroxylation is 2. The molecule has 0 bridgehead atoms. The van der Waals surface area contributed by atoms with Crippen LogP contribution in [0, 0.1) is 0 Å². The van der Waals surface area contributed by atoms with Gasteiger partial charge in [0, 0.05) is 16.7 Å². The second-order valence-electron chi connectivity index (χ2n) is 17.8. The van der Waals surface area contributed by atoms with Crippen molar-refractivity contribution >= 4 is 29.3 Å². The standard InChI is InChI=1S/C19H23NO.C18H21NO2.C13H16N2O2/c1-19(2,3)16-11-12-17(18(20)21)15(13-16)10-9-14-7-5-4-6-8-14;1-18(2,3)14-9-10-16(17(19)20)13(11-14)12-21-15-7-5-4-6-8-15;1-13(2,3)8-4-5-9-10(6-8)15-11(16)7-14-12(9)17/h4-8,11-13H,9-10H2,1-3H3,(H2,20,21);4-11H,12H2,1-3H3,(H2,19,20);4-6H,7H2,1-3H3,(H,14,17)(H,15,16). The molecule has 5 aromatic carbocycles. The van der Waals surface area contributed by atoms with Crippen molar-refractivity contribution in [2.24, 2.45) is 11.5 Å². The Bertz CT molecular complexity index is 2130. The van der Waals surface area contributed by atoms with E-state index in [0.29, 0.717) is 29.0 Å². The van der Waals surface area contributed by atoms with Crippen molar-refractivity contribution < 1.29 is 23.9 Å². The third kappa shape index (κ3) is 13.4. The summed E-state index contributed by atoms with van der Waals surface area (Å²) in [6.07, 6.45) is 1.74. The molecule has 0 unspecified atom stereocenters. The number of benzene rings is 5. The number of nitrogens with two attached hydrogens (primary N) is 2. The van der Waals surface area contributed by atoms with Gasteiger partial charge in [-0.3, -0.25) is 19.2 Å². The van der Waals surface area contributed by atoms with Gasteiger partial charge in [-0.2, -0.15) is 0 Å². The molecule has 310 valence electrons. The lowest BCUT2D eigenvalue weighted by Gasteiger charge is -2.21. The van der Waals surface area contributed by atoms with Crippen LogP contribution in [0.2, 0.25) is 0 Å². The van der Waals surface area contributed by atoms with Crippen molar-refractivity contribution in [3.8, 4) is 5.75 Å². The lowest BCUT2D eigenvalue weighted by atomic mass is 9.84. The number of fused-ring (bicyclic) bond motifs is 1. The van der Waals surface area contributed by atoms with Crippen molar-refractivity contribution in [2.45, 2.75) is 98.0 Å². The highest BCUT2D eigenvalue weighted by atomic mass is 16.5. The Morgan fingerprint density at radius 3 is 1.59 bits per heavy atom. The molecular formula is C50H60N4O5. The molecule has 1 heterocycles. The van der Waals surface area contributed by atoms with E-state index in [-0.39, 0.29) is 40.5 Å². The SMILES string of the molecule is CC(C)(C)c1ccc(C(N)=O)c(CCc2ccccc2)c1.CC(C)(C)c1ccc(C(N)=O)c(COc2ccccc2)c1.CC(C)(C)c1ccc2c(c1)NC(=O)CNC2=O. The van der Waals surface area contributed by atoms with Crippen LogP contribution in [0.25, 0.3) is 0 Å². The molecule has 0 saturated heterocycles. The normalized spacial score (nSPS) is 12.6. The Kier molecular flexibility index (Phi) is 15.0. The third-order valence-electron chi connectivity index (χ3n) is 9.95. The van der Waals surface area contributed by atoms with E-state index < -0.39 is 5.91 Å². The molecule has 1 aliphatic rings. The Morgan fingerprint density at radius 1 is 0.593 bits per heavy atom. The van der Waals surface area contributed by atoms with Crippen molar-refractivity contribution in [1.82, 2.24) is 5.32 Å². The number of para-hydroxylation sites is 1. The highest BCUT2D eigenvalue weighted by molar-refractivity contribution is 6.08. The average molecular weight is 797 g/mol. The predicted octanol–water partition coefficient (Wildman–Crippen LogP) is 9.20. The van der Waals surface area contributed by atoms with Crippen LogP contribution in [0.15, 0.2) is 115 Å². The monoisotopic (exact) mass is 796 g/mol. The smallest absolute Gasteiger partial charge is 0.253 e. The lowest BCUT2D eigenvalue weighted by Crippen LogP contribution is -2.28. The van der Waals surface area contributed by atoms with E-state index in [9.17, 15) is 19.2 Å². The van der Waals surface area contributed by atoms with Gasteiger partial charge < -0.3 is 26.8 Å². The largest absolute Gasteiger partial charge is 0.489 e. The molecule has 0 spiro atoms. The number of primary amides is 2. The third-order valence-corrected chi connectivity index (χ3v) is 9.95.